The van der Waals surface area contributed by atoms with Gasteiger partial charge in [-0.2, -0.15) is 0 Å². The van der Waals surface area contributed by atoms with Crippen molar-refractivity contribution in [2.45, 2.75) is 32.4 Å². The summed E-state index contributed by atoms with van der Waals surface area (Å²) in [6.45, 7) is 3.78. The summed E-state index contributed by atoms with van der Waals surface area (Å²) in [6, 6.07) is 15.4. The van der Waals surface area contributed by atoms with Crippen molar-refractivity contribution in [3.05, 3.63) is 82.9 Å². The van der Waals surface area contributed by atoms with Crippen LogP contribution in [0.5, 0.6) is 0 Å². The first kappa shape index (κ1) is 20.8. The van der Waals surface area contributed by atoms with Gasteiger partial charge in [0.25, 0.3) is 0 Å². The van der Waals surface area contributed by atoms with Crippen LogP contribution in [0.2, 0.25) is 0 Å². The van der Waals surface area contributed by atoms with Gasteiger partial charge in [-0.05, 0) is 40.8 Å². The summed E-state index contributed by atoms with van der Waals surface area (Å²) < 4.78 is 23.5. The molecule has 0 fully saturated rings. The average Bonchev–Trinajstić information content (AvgIpc) is 2.65. The van der Waals surface area contributed by atoms with Crippen LogP contribution >= 0.6 is 0 Å². The fourth-order valence-electron chi connectivity index (χ4n) is 2.70. The molecule has 0 heterocycles. The maximum absolute atomic E-state index is 12.1. The number of ketones is 1. The highest BCUT2D eigenvalue weighted by atomic mass is 32.2. The number of benzene rings is 2. The molecule has 0 unspecified atom stereocenters. The number of carbonyl (C=O) groups excluding carboxylic acids is 1. The second-order valence-corrected chi connectivity index (χ2v) is 8.84. The van der Waals surface area contributed by atoms with Gasteiger partial charge in [0.2, 0.25) is 0 Å². The van der Waals surface area contributed by atoms with Gasteiger partial charge < -0.3 is 0 Å². The van der Waals surface area contributed by atoms with E-state index in [1.165, 1.54) is 11.6 Å². The lowest BCUT2D eigenvalue weighted by molar-refractivity contribution is -0.110. The molecule has 0 aliphatic rings. The van der Waals surface area contributed by atoms with Gasteiger partial charge in [0.15, 0.2) is 15.6 Å². The largest absolute Gasteiger partial charge is 0.290 e. The van der Waals surface area contributed by atoms with E-state index < -0.39 is 9.84 Å². The zero-order valence-electron chi connectivity index (χ0n) is 15.9. The molecule has 0 atom stereocenters. The van der Waals surface area contributed by atoms with Crippen LogP contribution < -0.4 is 0 Å². The van der Waals surface area contributed by atoms with Crippen LogP contribution in [-0.4, -0.2) is 20.0 Å². The fourth-order valence-corrected chi connectivity index (χ4v) is 3.59. The lowest BCUT2D eigenvalue weighted by Gasteiger charge is -2.02. The smallest absolute Gasteiger partial charge is 0.178 e. The molecule has 2 rings (SSSR count). The third-order valence-electron chi connectivity index (χ3n) is 4.15. The molecule has 27 heavy (non-hydrogen) atoms. The van der Waals surface area contributed by atoms with Crippen molar-refractivity contribution in [2.75, 3.05) is 5.75 Å². The Labute approximate surface area is 162 Å². The van der Waals surface area contributed by atoms with E-state index in [-0.39, 0.29) is 17.3 Å². The van der Waals surface area contributed by atoms with Gasteiger partial charge in [0.1, 0.15) is 0 Å². The molecule has 0 radical (unpaired) electrons. The Morgan fingerprint density at radius 3 is 2.00 bits per heavy atom. The number of carbonyl (C=O) groups is 1. The molecule has 3 nitrogen and oxygen atoms in total. The average molecular weight is 383 g/mol. The van der Waals surface area contributed by atoms with Gasteiger partial charge in [-0.25, -0.2) is 8.42 Å². The second-order valence-electron chi connectivity index (χ2n) is 6.49. The van der Waals surface area contributed by atoms with Crippen LogP contribution in [0.15, 0.2) is 60.7 Å². The van der Waals surface area contributed by atoms with E-state index in [4.69, 9.17) is 0 Å². The zero-order valence-corrected chi connectivity index (χ0v) is 16.7. The number of hydrogen-bond donors (Lipinski definition) is 0. The van der Waals surface area contributed by atoms with Crippen LogP contribution in [0, 0.1) is 0 Å². The standard InChI is InChI=1S/C23H26O3S/c1-3-7-19-8-5-9-20(16-19)12-14-23(24)15-13-21-10-6-11-22(17-21)18-27(25,26)4-2/h5-6,8-17H,3-4,7,18H2,1-2H3. The van der Waals surface area contributed by atoms with Gasteiger partial charge in [-0.3, -0.25) is 4.79 Å². The fraction of sp³-hybridized carbons (Fsp3) is 0.261. The number of allylic oxidation sites excluding steroid dienone is 2. The minimum atomic E-state index is -3.07. The quantitative estimate of drug-likeness (QED) is 0.581. The molecule has 0 saturated carbocycles. The molecule has 0 N–H and O–H groups in total. The number of hydrogen-bond acceptors (Lipinski definition) is 3. The van der Waals surface area contributed by atoms with Gasteiger partial charge in [-0.15, -0.1) is 0 Å². The van der Waals surface area contributed by atoms with Crippen molar-refractivity contribution in [3.63, 3.8) is 0 Å². The van der Waals surface area contributed by atoms with E-state index in [1.54, 1.807) is 37.3 Å². The van der Waals surface area contributed by atoms with Crippen molar-refractivity contribution >= 4 is 27.8 Å². The van der Waals surface area contributed by atoms with E-state index in [1.807, 2.05) is 24.3 Å². The third-order valence-corrected chi connectivity index (χ3v) is 5.80. The van der Waals surface area contributed by atoms with E-state index in [0.717, 1.165) is 29.5 Å². The monoisotopic (exact) mass is 382 g/mol. The lowest BCUT2D eigenvalue weighted by Crippen LogP contribution is -2.06. The molecule has 2 aromatic carbocycles. The Bertz CT molecular complexity index is 938. The van der Waals surface area contributed by atoms with Crippen molar-refractivity contribution in [1.82, 2.24) is 0 Å². The Balaban J connectivity index is 2.03. The van der Waals surface area contributed by atoms with Crippen molar-refractivity contribution < 1.29 is 13.2 Å². The van der Waals surface area contributed by atoms with Crippen molar-refractivity contribution in [3.8, 4) is 0 Å². The summed E-state index contributed by atoms with van der Waals surface area (Å²) in [4.78, 5) is 12.1. The lowest BCUT2D eigenvalue weighted by atomic mass is 10.1. The van der Waals surface area contributed by atoms with Crippen LogP contribution in [0.4, 0.5) is 0 Å². The summed E-state index contributed by atoms with van der Waals surface area (Å²) in [5, 5.41) is 0. The van der Waals surface area contributed by atoms with Crippen LogP contribution in [0.3, 0.4) is 0 Å². The van der Waals surface area contributed by atoms with Crippen LogP contribution in [-0.2, 0) is 26.8 Å². The third kappa shape index (κ3) is 7.35. The SMILES string of the molecule is CCCc1cccc(C=CC(=O)C=Cc2cccc(CS(=O)(=O)CC)c2)c1. The van der Waals surface area contributed by atoms with Crippen molar-refractivity contribution in [1.29, 1.82) is 0 Å². The molecule has 2 aromatic rings. The maximum atomic E-state index is 12.1. The maximum Gasteiger partial charge on any atom is 0.178 e. The molecule has 0 amide bonds. The van der Waals surface area contributed by atoms with Gasteiger partial charge >= 0.3 is 0 Å². The highest BCUT2D eigenvalue weighted by Crippen LogP contribution is 2.12. The van der Waals surface area contributed by atoms with E-state index in [0.29, 0.717) is 0 Å². The minimum absolute atomic E-state index is 0.0210. The molecule has 142 valence electrons. The summed E-state index contributed by atoms with van der Waals surface area (Å²) in [6.07, 6.45) is 8.69. The topological polar surface area (TPSA) is 51.2 Å². The Morgan fingerprint density at radius 1 is 0.889 bits per heavy atom. The highest BCUT2D eigenvalue weighted by molar-refractivity contribution is 7.90. The number of aryl methyl sites for hydroxylation is 1. The molecular formula is C23H26O3S. The molecule has 0 spiro atoms. The minimum Gasteiger partial charge on any atom is -0.290 e. The van der Waals surface area contributed by atoms with Gasteiger partial charge in [-0.1, -0.05) is 81.0 Å². The predicted molar refractivity (Wildman–Crippen MR) is 113 cm³/mol. The molecule has 0 saturated heterocycles. The molecule has 0 aliphatic heterocycles. The summed E-state index contributed by atoms with van der Waals surface area (Å²) in [7, 11) is -3.07. The molecule has 0 aromatic heterocycles. The Kier molecular flexibility index (Phi) is 7.74. The van der Waals surface area contributed by atoms with E-state index >= 15 is 0 Å². The Hall–Kier alpha value is -2.46. The predicted octanol–water partition coefficient (Wildman–Crippen LogP) is 4.87. The molecular weight excluding hydrogens is 356 g/mol. The zero-order chi connectivity index (χ0) is 19.7. The first-order chi connectivity index (χ1) is 12.9. The molecule has 4 heteroatoms. The number of sulfone groups is 1. The summed E-state index contributed by atoms with van der Waals surface area (Å²) >= 11 is 0. The van der Waals surface area contributed by atoms with E-state index in [9.17, 15) is 13.2 Å². The van der Waals surface area contributed by atoms with Gasteiger partial charge in [0, 0.05) is 5.75 Å². The summed E-state index contributed by atoms with van der Waals surface area (Å²) in [5.41, 5.74) is 3.82. The normalized spacial score (nSPS) is 12.1. The second kappa shape index (κ2) is 10.0. The van der Waals surface area contributed by atoms with Gasteiger partial charge in [0.05, 0.1) is 5.75 Å². The first-order valence-electron chi connectivity index (χ1n) is 9.20. The highest BCUT2D eigenvalue weighted by Gasteiger charge is 2.08. The van der Waals surface area contributed by atoms with E-state index in [2.05, 4.69) is 19.1 Å². The van der Waals surface area contributed by atoms with Crippen molar-refractivity contribution in [2.24, 2.45) is 0 Å². The van der Waals surface area contributed by atoms with Crippen LogP contribution in [0.1, 0.15) is 42.5 Å². The van der Waals surface area contributed by atoms with Crippen LogP contribution in [0.25, 0.3) is 12.2 Å². The first-order valence-corrected chi connectivity index (χ1v) is 11.0. The number of rotatable bonds is 9. The Morgan fingerprint density at radius 2 is 1.44 bits per heavy atom. The molecule has 0 aliphatic carbocycles. The molecule has 0 bridgehead atoms. The summed E-state index contributed by atoms with van der Waals surface area (Å²) in [5.74, 6) is 0.0330.